The van der Waals surface area contributed by atoms with Crippen molar-refractivity contribution in [1.29, 1.82) is 0 Å². The van der Waals surface area contributed by atoms with E-state index in [-0.39, 0.29) is 25.5 Å². The summed E-state index contributed by atoms with van der Waals surface area (Å²) in [7, 11) is 1.42. The number of ketones is 1. The molecule has 1 N–H and O–H groups in total. The van der Waals surface area contributed by atoms with Crippen molar-refractivity contribution < 1.29 is 23.9 Å². The van der Waals surface area contributed by atoms with Crippen LogP contribution in [0.1, 0.15) is 27.2 Å². The van der Waals surface area contributed by atoms with Crippen LogP contribution in [0.5, 0.6) is 0 Å². The summed E-state index contributed by atoms with van der Waals surface area (Å²) >= 11 is 0. The average Bonchev–Trinajstić information content (AvgIpc) is 2.66. The van der Waals surface area contributed by atoms with Crippen LogP contribution in [-0.2, 0) is 19.1 Å². The third-order valence-corrected chi connectivity index (χ3v) is 2.48. The van der Waals surface area contributed by atoms with Crippen molar-refractivity contribution >= 4 is 17.8 Å². The summed E-state index contributed by atoms with van der Waals surface area (Å²) in [5.74, 6) is -0.838. The molecule has 0 aromatic heterocycles. The Morgan fingerprint density at radius 1 is 1.42 bits per heavy atom. The van der Waals surface area contributed by atoms with E-state index in [0.29, 0.717) is 0 Å². The Morgan fingerprint density at radius 3 is 2.58 bits per heavy atom. The van der Waals surface area contributed by atoms with Gasteiger partial charge in [0.05, 0.1) is 0 Å². The van der Waals surface area contributed by atoms with Gasteiger partial charge in [0.1, 0.15) is 12.3 Å². The zero-order chi connectivity index (χ0) is 14.6. The molecule has 1 aliphatic heterocycles. The van der Waals surface area contributed by atoms with E-state index in [2.05, 4.69) is 5.32 Å². The topological polar surface area (TPSA) is 84.9 Å². The molecule has 1 atom stereocenters. The van der Waals surface area contributed by atoms with Crippen molar-refractivity contribution in [1.82, 2.24) is 10.2 Å². The average molecular weight is 272 g/mol. The fourth-order valence-electron chi connectivity index (χ4n) is 1.72. The maximum Gasteiger partial charge on any atom is 0.411 e. The van der Waals surface area contributed by atoms with E-state index in [0.717, 1.165) is 4.90 Å². The van der Waals surface area contributed by atoms with Crippen molar-refractivity contribution in [3.05, 3.63) is 0 Å². The van der Waals surface area contributed by atoms with Gasteiger partial charge in [-0.25, -0.2) is 4.79 Å². The standard InChI is InChI=1S/C12H20N2O5/c1-12(2,3)19-11(17)14-6-5-8(15)9(14)10(16)13-7-18-4/h9H,5-7H2,1-4H3,(H,13,16)/t9-/m1/s1. The van der Waals surface area contributed by atoms with Crippen LogP contribution in [0.3, 0.4) is 0 Å². The monoisotopic (exact) mass is 272 g/mol. The number of hydrogen-bond acceptors (Lipinski definition) is 5. The van der Waals surface area contributed by atoms with Crippen LogP contribution < -0.4 is 5.32 Å². The van der Waals surface area contributed by atoms with Crippen LogP contribution in [0.15, 0.2) is 0 Å². The summed E-state index contributed by atoms with van der Waals surface area (Å²) in [4.78, 5) is 36.6. The molecule has 108 valence electrons. The molecule has 0 aliphatic carbocycles. The van der Waals surface area contributed by atoms with Gasteiger partial charge in [0.15, 0.2) is 11.8 Å². The molecule has 1 rings (SSSR count). The third-order valence-electron chi connectivity index (χ3n) is 2.48. The normalized spacial score (nSPS) is 19.5. The molecule has 1 heterocycles. The molecule has 7 heteroatoms. The van der Waals surface area contributed by atoms with Gasteiger partial charge in [-0.1, -0.05) is 0 Å². The van der Waals surface area contributed by atoms with E-state index in [9.17, 15) is 14.4 Å². The molecule has 7 nitrogen and oxygen atoms in total. The van der Waals surface area contributed by atoms with Crippen LogP contribution in [0, 0.1) is 0 Å². The van der Waals surface area contributed by atoms with E-state index in [1.165, 1.54) is 7.11 Å². The molecular weight excluding hydrogens is 252 g/mol. The molecular formula is C12H20N2O5. The number of carbonyl (C=O) groups is 3. The number of methoxy groups -OCH3 is 1. The van der Waals surface area contributed by atoms with Gasteiger partial charge in [0, 0.05) is 20.1 Å². The van der Waals surface area contributed by atoms with Gasteiger partial charge in [-0.15, -0.1) is 0 Å². The highest BCUT2D eigenvalue weighted by molar-refractivity contribution is 6.09. The minimum atomic E-state index is -1.12. The second kappa shape index (κ2) is 6.01. The number of ether oxygens (including phenoxy) is 2. The largest absolute Gasteiger partial charge is 0.444 e. The first-order valence-electron chi connectivity index (χ1n) is 6.05. The molecule has 0 unspecified atom stereocenters. The number of carbonyl (C=O) groups excluding carboxylic acids is 3. The van der Waals surface area contributed by atoms with Crippen LogP contribution in [-0.4, -0.2) is 54.7 Å². The third kappa shape index (κ3) is 4.20. The Bertz CT molecular complexity index is 375. The molecule has 1 saturated heterocycles. The Morgan fingerprint density at radius 2 is 2.05 bits per heavy atom. The summed E-state index contributed by atoms with van der Waals surface area (Å²) in [5, 5.41) is 2.42. The second-order valence-corrected chi connectivity index (χ2v) is 5.27. The summed E-state index contributed by atoms with van der Waals surface area (Å²) in [6.45, 7) is 5.36. The summed E-state index contributed by atoms with van der Waals surface area (Å²) in [6, 6.07) is -1.12. The van der Waals surface area contributed by atoms with E-state index in [1.54, 1.807) is 20.8 Å². The van der Waals surface area contributed by atoms with Crippen molar-refractivity contribution in [3.63, 3.8) is 0 Å². The number of nitrogens with one attached hydrogen (secondary N) is 1. The van der Waals surface area contributed by atoms with E-state index >= 15 is 0 Å². The van der Waals surface area contributed by atoms with E-state index in [4.69, 9.17) is 9.47 Å². The zero-order valence-electron chi connectivity index (χ0n) is 11.7. The Hall–Kier alpha value is -1.63. The molecule has 0 saturated carbocycles. The van der Waals surface area contributed by atoms with Crippen LogP contribution >= 0.6 is 0 Å². The van der Waals surface area contributed by atoms with Gasteiger partial charge >= 0.3 is 6.09 Å². The molecule has 0 spiro atoms. The predicted molar refractivity (Wildman–Crippen MR) is 66.4 cm³/mol. The maximum absolute atomic E-state index is 11.9. The van der Waals surface area contributed by atoms with Gasteiger partial charge in [-0.05, 0) is 20.8 Å². The smallest absolute Gasteiger partial charge is 0.411 e. The van der Waals surface area contributed by atoms with Crippen LogP contribution in [0.4, 0.5) is 4.79 Å². The number of rotatable bonds is 3. The van der Waals surface area contributed by atoms with Crippen molar-refractivity contribution in [3.8, 4) is 0 Å². The van der Waals surface area contributed by atoms with E-state index in [1.807, 2.05) is 0 Å². The molecule has 1 fully saturated rings. The van der Waals surface area contributed by atoms with Gasteiger partial charge < -0.3 is 14.8 Å². The Balaban J connectivity index is 2.74. The highest BCUT2D eigenvalue weighted by Gasteiger charge is 2.42. The highest BCUT2D eigenvalue weighted by Crippen LogP contribution is 2.18. The van der Waals surface area contributed by atoms with Gasteiger partial charge in [0.2, 0.25) is 0 Å². The lowest BCUT2D eigenvalue weighted by molar-refractivity contribution is -0.133. The van der Waals surface area contributed by atoms with E-state index < -0.39 is 23.6 Å². The van der Waals surface area contributed by atoms with Crippen LogP contribution in [0.2, 0.25) is 0 Å². The van der Waals surface area contributed by atoms with Crippen LogP contribution in [0.25, 0.3) is 0 Å². The lowest BCUT2D eigenvalue weighted by atomic mass is 10.2. The number of amides is 2. The SMILES string of the molecule is COCNC(=O)[C@H]1C(=O)CCN1C(=O)OC(C)(C)C. The zero-order valence-corrected chi connectivity index (χ0v) is 11.7. The molecule has 2 amide bonds. The fraction of sp³-hybridized carbons (Fsp3) is 0.750. The molecule has 0 bridgehead atoms. The Kier molecular flexibility index (Phi) is 4.88. The van der Waals surface area contributed by atoms with Gasteiger partial charge in [-0.3, -0.25) is 14.5 Å². The summed E-state index contributed by atoms with van der Waals surface area (Å²) in [6.07, 6.45) is -0.500. The predicted octanol–water partition coefficient (Wildman–Crippen LogP) is 0.285. The summed E-state index contributed by atoms with van der Waals surface area (Å²) in [5.41, 5.74) is -0.670. The summed E-state index contributed by atoms with van der Waals surface area (Å²) < 4.78 is 9.88. The molecule has 19 heavy (non-hydrogen) atoms. The number of likely N-dealkylation sites (tertiary alicyclic amines) is 1. The second-order valence-electron chi connectivity index (χ2n) is 5.27. The molecule has 0 radical (unpaired) electrons. The minimum absolute atomic E-state index is 0.00915. The lowest BCUT2D eigenvalue weighted by Gasteiger charge is -2.27. The quantitative estimate of drug-likeness (QED) is 0.589. The first-order valence-corrected chi connectivity index (χ1v) is 6.05. The lowest BCUT2D eigenvalue weighted by Crippen LogP contribution is -2.50. The number of Topliss-reactive ketones (excluding diaryl/α,β-unsaturated/α-hetero) is 1. The van der Waals surface area contributed by atoms with Gasteiger partial charge in [-0.2, -0.15) is 0 Å². The first kappa shape index (κ1) is 15.4. The van der Waals surface area contributed by atoms with Crippen molar-refractivity contribution in [2.45, 2.75) is 38.8 Å². The van der Waals surface area contributed by atoms with Gasteiger partial charge in [0.25, 0.3) is 5.91 Å². The fourth-order valence-corrected chi connectivity index (χ4v) is 1.72. The minimum Gasteiger partial charge on any atom is -0.444 e. The number of nitrogens with zero attached hydrogens (tertiary/aromatic N) is 1. The molecule has 0 aromatic rings. The van der Waals surface area contributed by atoms with Crippen molar-refractivity contribution in [2.24, 2.45) is 0 Å². The number of hydrogen-bond donors (Lipinski definition) is 1. The maximum atomic E-state index is 11.9. The molecule has 0 aromatic carbocycles. The first-order chi connectivity index (χ1) is 8.76. The molecule has 1 aliphatic rings. The Labute approximate surface area is 112 Å². The highest BCUT2D eigenvalue weighted by atomic mass is 16.6. The van der Waals surface area contributed by atoms with Crippen molar-refractivity contribution in [2.75, 3.05) is 20.4 Å².